The molecule has 0 saturated carbocycles. The number of hydrogen-bond donors (Lipinski definition) is 0. The molecule has 30 heavy (non-hydrogen) atoms. The number of benzene rings is 1. The number of piperidine rings is 1. The molecule has 2 fully saturated rings. The lowest BCUT2D eigenvalue weighted by molar-refractivity contribution is -0.149. The average molecular weight is 434 g/mol. The number of carbonyl (C=O) groups excluding carboxylic acids is 2. The lowest BCUT2D eigenvalue weighted by Gasteiger charge is -2.32. The molecular formula is C21H27N3O5S. The standard InChI is InChI=1S/C21H27N3O5S/c1-2-29-21(26)16-7-6-11-23(14-16)20(25)15-9-10-17-18(13-15)30(27,28)22-19-8-4-3-5-12-24(17)19/h9-10,13,16H,2-8,11-12,14H2,1H3. The summed E-state index contributed by atoms with van der Waals surface area (Å²) in [5.41, 5.74) is 0.900. The van der Waals surface area contributed by atoms with Crippen LogP contribution in [0.15, 0.2) is 27.5 Å². The van der Waals surface area contributed by atoms with Gasteiger partial charge >= 0.3 is 5.97 Å². The zero-order valence-corrected chi connectivity index (χ0v) is 18.0. The smallest absolute Gasteiger partial charge is 0.310 e. The van der Waals surface area contributed by atoms with Gasteiger partial charge in [0.05, 0.1) is 18.2 Å². The number of anilines is 1. The Balaban J connectivity index is 1.60. The van der Waals surface area contributed by atoms with Gasteiger partial charge in [0.1, 0.15) is 10.7 Å². The van der Waals surface area contributed by atoms with Crippen LogP contribution in [0.4, 0.5) is 5.69 Å². The number of likely N-dealkylation sites (tertiary alicyclic amines) is 1. The first-order chi connectivity index (χ1) is 14.4. The van der Waals surface area contributed by atoms with Gasteiger partial charge < -0.3 is 14.5 Å². The van der Waals surface area contributed by atoms with Crippen LogP contribution in [0.2, 0.25) is 0 Å². The first-order valence-corrected chi connectivity index (χ1v) is 12.1. The molecule has 3 heterocycles. The summed E-state index contributed by atoms with van der Waals surface area (Å²) >= 11 is 0. The summed E-state index contributed by atoms with van der Waals surface area (Å²) in [7, 11) is -3.85. The highest BCUT2D eigenvalue weighted by Gasteiger charge is 2.34. The van der Waals surface area contributed by atoms with Crippen LogP contribution in [0.3, 0.4) is 0 Å². The Morgan fingerprint density at radius 2 is 2.00 bits per heavy atom. The van der Waals surface area contributed by atoms with E-state index >= 15 is 0 Å². The molecule has 2 saturated heterocycles. The van der Waals surface area contributed by atoms with Gasteiger partial charge in [0.25, 0.3) is 15.9 Å². The molecule has 3 aliphatic rings. The van der Waals surface area contributed by atoms with Gasteiger partial charge in [-0.25, -0.2) is 0 Å². The Morgan fingerprint density at radius 3 is 2.80 bits per heavy atom. The van der Waals surface area contributed by atoms with Crippen molar-refractivity contribution in [3.05, 3.63) is 23.8 Å². The second-order valence-corrected chi connectivity index (χ2v) is 9.54. The van der Waals surface area contributed by atoms with Gasteiger partial charge in [-0.15, -0.1) is 4.40 Å². The van der Waals surface area contributed by atoms with Crippen molar-refractivity contribution in [2.75, 3.05) is 31.1 Å². The van der Waals surface area contributed by atoms with Crippen molar-refractivity contribution in [1.82, 2.24) is 4.90 Å². The molecule has 9 heteroatoms. The largest absolute Gasteiger partial charge is 0.466 e. The van der Waals surface area contributed by atoms with Crippen LogP contribution in [-0.2, 0) is 19.6 Å². The van der Waals surface area contributed by atoms with Gasteiger partial charge in [-0.1, -0.05) is 6.42 Å². The quantitative estimate of drug-likeness (QED) is 0.680. The highest BCUT2D eigenvalue weighted by Crippen LogP contribution is 2.35. The Morgan fingerprint density at radius 1 is 1.17 bits per heavy atom. The molecule has 1 amide bonds. The summed E-state index contributed by atoms with van der Waals surface area (Å²) in [5, 5.41) is 0. The first-order valence-electron chi connectivity index (χ1n) is 10.6. The van der Waals surface area contributed by atoms with Crippen molar-refractivity contribution in [1.29, 1.82) is 0 Å². The van der Waals surface area contributed by atoms with Crippen molar-refractivity contribution in [3.8, 4) is 0 Å². The second kappa shape index (κ2) is 8.37. The number of ether oxygens (including phenoxy) is 1. The zero-order chi connectivity index (χ0) is 21.3. The van der Waals surface area contributed by atoms with Crippen molar-refractivity contribution >= 4 is 33.4 Å². The maximum atomic E-state index is 13.1. The molecule has 8 nitrogen and oxygen atoms in total. The predicted octanol–water partition coefficient (Wildman–Crippen LogP) is 2.58. The van der Waals surface area contributed by atoms with Gasteiger partial charge in [0, 0.05) is 31.6 Å². The number of nitrogens with zero attached hydrogens (tertiary/aromatic N) is 3. The molecule has 0 radical (unpaired) electrons. The van der Waals surface area contributed by atoms with Gasteiger partial charge in [0.15, 0.2) is 0 Å². The van der Waals surface area contributed by atoms with Crippen LogP contribution in [0, 0.1) is 5.92 Å². The lowest BCUT2D eigenvalue weighted by atomic mass is 9.97. The van der Waals surface area contributed by atoms with Crippen molar-refractivity contribution in [2.45, 2.75) is 50.3 Å². The Labute approximate surface area is 177 Å². The fourth-order valence-electron chi connectivity index (χ4n) is 4.41. The molecule has 1 atom stereocenters. The monoisotopic (exact) mass is 433 g/mol. The third-order valence-electron chi connectivity index (χ3n) is 5.92. The zero-order valence-electron chi connectivity index (χ0n) is 17.2. The molecule has 4 rings (SSSR count). The fraction of sp³-hybridized carbons (Fsp3) is 0.571. The molecule has 1 aromatic carbocycles. The first kappa shape index (κ1) is 20.8. The van der Waals surface area contributed by atoms with Crippen molar-refractivity contribution in [2.24, 2.45) is 10.3 Å². The minimum atomic E-state index is -3.85. The Kier molecular flexibility index (Phi) is 5.81. The predicted molar refractivity (Wildman–Crippen MR) is 112 cm³/mol. The number of fused-ring (bicyclic) bond motifs is 3. The van der Waals surface area contributed by atoms with Crippen LogP contribution in [-0.4, -0.2) is 57.3 Å². The molecule has 1 unspecified atom stereocenters. The summed E-state index contributed by atoms with van der Waals surface area (Å²) in [6.45, 7) is 3.62. The molecule has 162 valence electrons. The number of sulfonamides is 1. The summed E-state index contributed by atoms with van der Waals surface area (Å²) in [4.78, 5) is 28.8. The van der Waals surface area contributed by atoms with E-state index < -0.39 is 10.0 Å². The average Bonchev–Trinajstić information content (AvgIpc) is 2.98. The van der Waals surface area contributed by atoms with Crippen LogP contribution in [0.25, 0.3) is 0 Å². The number of hydrogen-bond acceptors (Lipinski definition) is 6. The highest BCUT2D eigenvalue weighted by molar-refractivity contribution is 7.90. The second-order valence-electron chi connectivity index (χ2n) is 7.97. The number of esters is 1. The molecule has 0 bridgehead atoms. The SMILES string of the molecule is CCOC(=O)C1CCCN(C(=O)c2ccc3c(c2)S(=O)(=O)N=C2CCCCCN23)C1. The van der Waals surface area contributed by atoms with Gasteiger partial charge in [-0.05, 0) is 50.8 Å². The van der Waals surface area contributed by atoms with Gasteiger partial charge in [0.2, 0.25) is 0 Å². The fourth-order valence-corrected chi connectivity index (χ4v) is 5.69. The van der Waals surface area contributed by atoms with Gasteiger partial charge in [-0.2, -0.15) is 8.42 Å². The van der Waals surface area contributed by atoms with Gasteiger partial charge in [-0.3, -0.25) is 9.59 Å². The topological polar surface area (TPSA) is 96.3 Å². The maximum Gasteiger partial charge on any atom is 0.310 e. The third kappa shape index (κ3) is 3.95. The van der Waals surface area contributed by atoms with E-state index in [1.807, 2.05) is 4.90 Å². The Bertz CT molecular complexity index is 988. The third-order valence-corrected chi connectivity index (χ3v) is 7.26. The lowest BCUT2D eigenvalue weighted by Crippen LogP contribution is -2.43. The number of rotatable bonds is 3. The van der Waals surface area contributed by atoms with Crippen LogP contribution in [0.5, 0.6) is 0 Å². The molecule has 3 aliphatic heterocycles. The van der Waals surface area contributed by atoms with Crippen LogP contribution in [0.1, 0.15) is 55.8 Å². The number of amides is 1. The molecule has 0 N–H and O–H groups in total. The molecule has 0 spiro atoms. The van der Waals surface area contributed by atoms with E-state index in [9.17, 15) is 18.0 Å². The van der Waals surface area contributed by atoms with E-state index in [1.54, 1.807) is 24.0 Å². The molecule has 0 aromatic heterocycles. The minimum Gasteiger partial charge on any atom is -0.466 e. The van der Waals surface area contributed by atoms with E-state index in [1.165, 1.54) is 6.07 Å². The molecule has 0 aliphatic carbocycles. The van der Waals surface area contributed by atoms with Crippen LogP contribution >= 0.6 is 0 Å². The van der Waals surface area contributed by atoms with E-state index in [0.717, 1.165) is 25.8 Å². The van der Waals surface area contributed by atoms with E-state index in [4.69, 9.17) is 4.74 Å². The van der Waals surface area contributed by atoms with E-state index in [2.05, 4.69) is 4.40 Å². The maximum absolute atomic E-state index is 13.1. The number of carbonyl (C=O) groups is 2. The van der Waals surface area contributed by atoms with Crippen molar-refractivity contribution < 1.29 is 22.7 Å². The molecule has 1 aromatic rings. The Hall–Kier alpha value is -2.42. The summed E-state index contributed by atoms with van der Waals surface area (Å²) in [6.07, 6.45) is 4.98. The minimum absolute atomic E-state index is 0.0814. The number of amidine groups is 1. The summed E-state index contributed by atoms with van der Waals surface area (Å²) < 4.78 is 34.7. The highest BCUT2D eigenvalue weighted by atomic mass is 32.2. The van der Waals surface area contributed by atoms with E-state index in [-0.39, 0.29) is 29.2 Å². The van der Waals surface area contributed by atoms with E-state index in [0.29, 0.717) is 49.5 Å². The normalized spacial score (nSPS) is 23.0. The summed E-state index contributed by atoms with van der Waals surface area (Å²) in [5.74, 6) is -0.306. The molecular weight excluding hydrogens is 406 g/mol. The summed E-state index contributed by atoms with van der Waals surface area (Å²) in [6, 6.07) is 4.83. The van der Waals surface area contributed by atoms with Crippen molar-refractivity contribution in [3.63, 3.8) is 0 Å². The van der Waals surface area contributed by atoms with Crippen LogP contribution < -0.4 is 4.90 Å².